The number of carbonyl (C=O) groups is 1. The fourth-order valence-electron chi connectivity index (χ4n) is 3.86. The van der Waals surface area contributed by atoms with Gasteiger partial charge in [-0.25, -0.2) is 0 Å². The van der Waals surface area contributed by atoms with E-state index >= 15 is 0 Å². The van der Waals surface area contributed by atoms with E-state index in [0.29, 0.717) is 13.0 Å². The topological polar surface area (TPSA) is 81.2 Å². The minimum absolute atomic E-state index is 0.00311. The van der Waals surface area contributed by atoms with Gasteiger partial charge in [-0.05, 0) is 39.3 Å². The third kappa shape index (κ3) is 3.97. The molecule has 1 aromatic heterocycles. The lowest BCUT2D eigenvalue weighted by Crippen LogP contribution is -2.43. The minimum atomic E-state index is -0.643. The van der Waals surface area contributed by atoms with Crippen LogP contribution in [0.4, 0.5) is 0 Å². The Bertz CT molecular complexity index is 724. The number of aliphatic hydroxyl groups excluding tert-OH is 1. The highest BCUT2D eigenvalue weighted by molar-refractivity contribution is 5.79. The smallest absolute Gasteiger partial charge is 0.226 e. The maximum absolute atomic E-state index is 12.6. The molecule has 6 nitrogen and oxygen atoms in total. The third-order valence-electron chi connectivity index (χ3n) is 5.48. The molecule has 1 amide bonds. The Balaban J connectivity index is 1.56. The quantitative estimate of drug-likeness (QED) is 0.739. The van der Waals surface area contributed by atoms with Crippen LogP contribution in [0.5, 0.6) is 0 Å². The number of aromatic amines is 1. The van der Waals surface area contributed by atoms with Crippen LogP contribution >= 0.6 is 0 Å². The molecule has 0 radical (unpaired) electrons. The van der Waals surface area contributed by atoms with Crippen molar-refractivity contribution in [3.05, 3.63) is 52.8 Å². The van der Waals surface area contributed by atoms with Gasteiger partial charge in [-0.3, -0.25) is 14.8 Å². The molecule has 3 N–H and O–H groups in total. The molecule has 1 heterocycles. The van der Waals surface area contributed by atoms with E-state index in [9.17, 15) is 9.90 Å². The van der Waals surface area contributed by atoms with Gasteiger partial charge in [0, 0.05) is 30.4 Å². The van der Waals surface area contributed by atoms with Gasteiger partial charge in [0.1, 0.15) is 0 Å². The first kappa shape index (κ1) is 18.6. The first-order valence-electron chi connectivity index (χ1n) is 9.17. The summed E-state index contributed by atoms with van der Waals surface area (Å²) in [6, 6.07) is 10.2. The molecule has 1 saturated carbocycles. The lowest BCUT2D eigenvalue weighted by molar-refractivity contribution is -0.128. The Kier molecular flexibility index (Phi) is 5.74. The molecule has 1 aliphatic carbocycles. The van der Waals surface area contributed by atoms with E-state index in [1.807, 2.05) is 39.1 Å². The number of nitrogens with zero attached hydrogens (tertiary/aromatic N) is 2. The number of carbonyl (C=O) groups excluding carboxylic acids is 1. The van der Waals surface area contributed by atoms with Crippen molar-refractivity contribution in [3.8, 4) is 0 Å². The molecular formula is C20H28N4O2. The van der Waals surface area contributed by atoms with Crippen LogP contribution in [0.1, 0.15) is 35.4 Å². The second-order valence-electron chi connectivity index (χ2n) is 7.27. The normalized spacial score (nSPS) is 22.7. The number of hydrogen-bond donors (Lipinski definition) is 3. The monoisotopic (exact) mass is 356 g/mol. The fraction of sp³-hybridized carbons (Fsp3) is 0.500. The van der Waals surface area contributed by atoms with Crippen LogP contribution in [0.15, 0.2) is 30.3 Å². The molecule has 2 aromatic rings. The Hall–Kier alpha value is -2.18. The first-order valence-corrected chi connectivity index (χ1v) is 9.17. The predicted molar refractivity (Wildman–Crippen MR) is 100 cm³/mol. The van der Waals surface area contributed by atoms with Crippen molar-refractivity contribution in [1.82, 2.24) is 20.4 Å². The van der Waals surface area contributed by atoms with Gasteiger partial charge in [-0.1, -0.05) is 30.3 Å². The summed E-state index contributed by atoms with van der Waals surface area (Å²) >= 11 is 0. The summed E-state index contributed by atoms with van der Waals surface area (Å²) in [7, 11) is 2.01. The lowest BCUT2D eigenvalue weighted by Gasteiger charge is -2.28. The third-order valence-corrected chi connectivity index (χ3v) is 5.48. The van der Waals surface area contributed by atoms with Gasteiger partial charge in [-0.15, -0.1) is 0 Å². The largest absolute Gasteiger partial charge is 0.391 e. The molecule has 26 heavy (non-hydrogen) atoms. The molecule has 0 spiro atoms. The number of nitrogens with one attached hydrogen (secondary N) is 2. The van der Waals surface area contributed by atoms with E-state index in [1.54, 1.807) is 0 Å². The molecule has 1 aliphatic rings. The highest BCUT2D eigenvalue weighted by atomic mass is 16.3. The molecular weight excluding hydrogens is 328 g/mol. The van der Waals surface area contributed by atoms with Crippen LogP contribution < -0.4 is 5.32 Å². The second-order valence-corrected chi connectivity index (χ2v) is 7.27. The van der Waals surface area contributed by atoms with E-state index in [2.05, 4.69) is 32.5 Å². The summed E-state index contributed by atoms with van der Waals surface area (Å²) in [5, 5.41) is 20.8. The van der Waals surface area contributed by atoms with Crippen LogP contribution in [-0.2, 0) is 17.9 Å². The van der Waals surface area contributed by atoms with Gasteiger partial charge in [0.2, 0.25) is 5.91 Å². The predicted octanol–water partition coefficient (Wildman–Crippen LogP) is 1.91. The van der Waals surface area contributed by atoms with Crippen LogP contribution in [0.25, 0.3) is 0 Å². The zero-order chi connectivity index (χ0) is 18.7. The number of aliphatic hydroxyl groups is 1. The average Bonchev–Trinajstić information content (AvgIpc) is 3.16. The average molecular weight is 356 g/mol. The summed E-state index contributed by atoms with van der Waals surface area (Å²) in [6.07, 6.45) is 0.891. The molecule has 0 bridgehead atoms. The van der Waals surface area contributed by atoms with Crippen molar-refractivity contribution >= 4 is 5.91 Å². The van der Waals surface area contributed by atoms with Gasteiger partial charge in [0.25, 0.3) is 0 Å². The molecule has 1 fully saturated rings. The lowest BCUT2D eigenvalue weighted by atomic mass is 10.0. The number of benzene rings is 1. The summed E-state index contributed by atoms with van der Waals surface area (Å²) in [5.74, 6) is -0.432. The second kappa shape index (κ2) is 8.01. The van der Waals surface area contributed by atoms with Gasteiger partial charge in [-0.2, -0.15) is 5.10 Å². The van der Waals surface area contributed by atoms with Crippen molar-refractivity contribution in [3.63, 3.8) is 0 Å². The van der Waals surface area contributed by atoms with E-state index in [1.165, 1.54) is 5.56 Å². The highest BCUT2D eigenvalue weighted by Gasteiger charge is 2.40. The summed E-state index contributed by atoms with van der Waals surface area (Å²) < 4.78 is 0. The summed E-state index contributed by atoms with van der Waals surface area (Å²) in [4.78, 5) is 14.7. The minimum Gasteiger partial charge on any atom is -0.391 e. The molecule has 140 valence electrons. The van der Waals surface area contributed by atoms with Crippen molar-refractivity contribution in [2.24, 2.45) is 5.92 Å². The summed E-state index contributed by atoms with van der Waals surface area (Å²) in [5.41, 5.74) is 4.09. The SMILES string of the molecule is Cc1n[nH]c(C)c1CNC(=O)[C@@H]1CC[C@@H](N(C)Cc2ccccc2)[C@H]1O. The Morgan fingerprint density at radius 1 is 1.31 bits per heavy atom. The molecule has 3 atom stereocenters. The van der Waals surface area contributed by atoms with Crippen molar-refractivity contribution in [1.29, 1.82) is 0 Å². The van der Waals surface area contributed by atoms with E-state index in [4.69, 9.17) is 0 Å². The van der Waals surface area contributed by atoms with Crippen LogP contribution in [0, 0.1) is 19.8 Å². The molecule has 0 saturated heterocycles. The number of likely N-dealkylation sites (N-methyl/N-ethyl adjacent to an activating group) is 1. The zero-order valence-corrected chi connectivity index (χ0v) is 15.7. The Morgan fingerprint density at radius 2 is 2.04 bits per heavy atom. The molecule has 6 heteroatoms. The molecule has 3 rings (SSSR count). The van der Waals surface area contributed by atoms with Gasteiger partial charge in [0.05, 0.1) is 17.7 Å². The maximum Gasteiger partial charge on any atom is 0.226 e. The van der Waals surface area contributed by atoms with Crippen LogP contribution in [0.3, 0.4) is 0 Å². The zero-order valence-electron chi connectivity index (χ0n) is 15.7. The standard InChI is InChI=1S/C20H28N4O2/c1-13-17(14(2)23-22-13)11-21-20(26)16-9-10-18(19(16)25)24(3)12-15-7-5-4-6-8-15/h4-8,16,18-19,25H,9-12H2,1-3H3,(H,21,26)(H,22,23)/t16-,18-,19+/m1/s1. The number of aromatic nitrogens is 2. The number of aryl methyl sites for hydroxylation is 2. The van der Waals surface area contributed by atoms with Crippen molar-refractivity contribution < 1.29 is 9.90 Å². The highest BCUT2D eigenvalue weighted by Crippen LogP contribution is 2.30. The van der Waals surface area contributed by atoms with Gasteiger partial charge >= 0.3 is 0 Å². The Labute approximate surface area is 154 Å². The number of H-pyrrole nitrogens is 1. The molecule has 1 aromatic carbocycles. The van der Waals surface area contributed by atoms with Crippen molar-refractivity contribution in [2.75, 3.05) is 7.05 Å². The fourth-order valence-corrected chi connectivity index (χ4v) is 3.86. The Morgan fingerprint density at radius 3 is 2.69 bits per heavy atom. The van der Waals surface area contributed by atoms with Crippen LogP contribution in [0.2, 0.25) is 0 Å². The van der Waals surface area contributed by atoms with Gasteiger partial charge in [0.15, 0.2) is 0 Å². The van der Waals surface area contributed by atoms with Crippen molar-refractivity contribution in [2.45, 2.75) is 51.9 Å². The molecule has 0 aliphatic heterocycles. The van der Waals surface area contributed by atoms with E-state index in [-0.39, 0.29) is 17.9 Å². The summed E-state index contributed by atoms with van der Waals surface area (Å²) in [6.45, 7) is 5.08. The number of hydrogen-bond acceptors (Lipinski definition) is 4. The van der Waals surface area contributed by atoms with E-state index < -0.39 is 6.10 Å². The number of rotatable bonds is 6. The first-order chi connectivity index (χ1) is 12.5. The van der Waals surface area contributed by atoms with Gasteiger partial charge < -0.3 is 10.4 Å². The molecule has 0 unspecified atom stereocenters. The van der Waals surface area contributed by atoms with Crippen LogP contribution in [-0.4, -0.2) is 45.3 Å². The van der Waals surface area contributed by atoms with E-state index in [0.717, 1.165) is 29.9 Å². The number of amides is 1. The maximum atomic E-state index is 12.6.